The van der Waals surface area contributed by atoms with Crippen molar-refractivity contribution in [3.05, 3.63) is 97.1 Å². The largest absolute Gasteiger partial charge is 3.00 e. The summed E-state index contributed by atoms with van der Waals surface area (Å²) in [6.07, 6.45) is 25.8. The molecular formula is C28H33I3N11Nd. The van der Waals surface area contributed by atoms with Gasteiger partial charge in [-0.1, -0.05) is 12.8 Å². The molecule has 0 aliphatic heterocycles. The summed E-state index contributed by atoms with van der Waals surface area (Å²) in [5.41, 5.74) is 3.78. The van der Waals surface area contributed by atoms with E-state index in [1.54, 1.807) is 55.6 Å². The van der Waals surface area contributed by atoms with Crippen LogP contribution in [-0.4, -0.2) is 61.8 Å². The average molecular weight is 1050 g/mol. The molecular weight excluding hydrogens is 1020 g/mol. The van der Waals surface area contributed by atoms with Crippen molar-refractivity contribution >= 4 is 0 Å². The zero-order valence-corrected chi connectivity index (χ0v) is 33.5. The van der Waals surface area contributed by atoms with E-state index in [0.717, 1.165) is 35.6 Å². The van der Waals surface area contributed by atoms with Crippen LogP contribution in [0.1, 0.15) is 55.4 Å². The fraction of sp³-hybridized carbons (Fsp3) is 0.393. The quantitative estimate of drug-likeness (QED) is 0.141. The minimum Gasteiger partial charge on any atom is -1.00 e. The molecule has 4 aromatic rings. The van der Waals surface area contributed by atoms with Gasteiger partial charge in [-0.05, 0) is 12.8 Å². The van der Waals surface area contributed by atoms with Crippen LogP contribution in [-0.2, 0) is 26.2 Å². The first kappa shape index (κ1) is 42.3. The zero-order valence-electron chi connectivity index (χ0n) is 23.8. The van der Waals surface area contributed by atoms with Crippen LogP contribution in [0, 0.1) is 52.2 Å². The Bertz CT molecular complexity index is 1100. The third-order valence-corrected chi connectivity index (χ3v) is 6.56. The molecule has 4 aromatic heterocycles. The van der Waals surface area contributed by atoms with Gasteiger partial charge < -0.3 is 71.9 Å². The number of nitrogens with zero attached hydrogens (tertiary/aromatic N) is 11. The third kappa shape index (κ3) is 14.5. The zero-order chi connectivity index (χ0) is 27.1. The molecule has 0 aromatic carbocycles. The maximum absolute atomic E-state index is 7.32. The first-order valence-electron chi connectivity index (χ1n) is 13.0. The van der Waals surface area contributed by atoms with E-state index in [-0.39, 0.29) is 125 Å². The third-order valence-electron chi connectivity index (χ3n) is 6.56. The standard InChI is InChI=1S/C26H30N10.C2H3N.3HI.Nd/c1-2-4-26(36(19-23-15-29-7-11-33-23)20-24-16-30-8-12-34-24)25(3-1)35(17-21-13-27-5-9-31-21)18-22-14-28-6-10-32-22;1-2-3;;;;/h5-16,25-26H,1-4,17-20H2;1H3;3*1H;/q;;;;;+3/p-3/t25-,26-;;;;;/m0...../s1. The number of halogens is 3. The molecule has 2 atom stereocenters. The Morgan fingerprint density at radius 3 is 1.05 bits per heavy atom. The van der Waals surface area contributed by atoms with Crippen molar-refractivity contribution in [1.82, 2.24) is 49.7 Å². The van der Waals surface area contributed by atoms with Crippen molar-refractivity contribution in [3.63, 3.8) is 0 Å². The fourth-order valence-electron chi connectivity index (χ4n) is 5.00. The van der Waals surface area contributed by atoms with Crippen LogP contribution in [0.5, 0.6) is 0 Å². The molecule has 0 unspecified atom stereocenters. The van der Waals surface area contributed by atoms with Gasteiger partial charge in [0.25, 0.3) is 0 Å². The summed E-state index contributed by atoms with van der Waals surface area (Å²) in [5.74, 6) is 0. The molecule has 43 heavy (non-hydrogen) atoms. The van der Waals surface area contributed by atoms with Gasteiger partial charge >= 0.3 is 40.8 Å². The van der Waals surface area contributed by atoms with Crippen molar-refractivity contribution < 1.29 is 113 Å². The monoisotopic (exact) mass is 1050 g/mol. The molecule has 4 heterocycles. The van der Waals surface area contributed by atoms with Gasteiger partial charge in [-0.2, -0.15) is 5.26 Å². The topological polar surface area (TPSA) is 133 Å². The Hall–Kier alpha value is -0.729. The van der Waals surface area contributed by atoms with E-state index in [1.807, 2.05) is 24.8 Å². The number of aromatic nitrogens is 8. The Morgan fingerprint density at radius 2 is 0.837 bits per heavy atom. The summed E-state index contributed by atoms with van der Waals surface area (Å²) in [6, 6.07) is 2.33. The molecule has 5 rings (SSSR count). The molecule has 225 valence electrons. The Labute approximate surface area is 337 Å². The van der Waals surface area contributed by atoms with Crippen molar-refractivity contribution in [2.75, 3.05) is 0 Å². The Morgan fingerprint density at radius 1 is 0.581 bits per heavy atom. The maximum atomic E-state index is 7.32. The second-order valence-electron chi connectivity index (χ2n) is 9.24. The summed E-state index contributed by atoms with van der Waals surface area (Å²) < 4.78 is 0. The molecule has 15 heteroatoms. The number of hydrogen-bond acceptors (Lipinski definition) is 11. The van der Waals surface area contributed by atoms with E-state index in [9.17, 15) is 0 Å². The van der Waals surface area contributed by atoms with Crippen LogP contribution in [0.15, 0.2) is 74.4 Å². The molecule has 0 saturated heterocycles. The molecule has 0 bridgehead atoms. The fourth-order valence-corrected chi connectivity index (χ4v) is 5.00. The first-order chi connectivity index (χ1) is 19.3. The Kier molecular flexibility index (Phi) is 24.1. The summed E-state index contributed by atoms with van der Waals surface area (Å²) in [4.78, 5) is 40.4. The van der Waals surface area contributed by atoms with Gasteiger partial charge in [0, 0.05) is 120 Å². The number of hydrogen-bond donors (Lipinski definition) is 0. The van der Waals surface area contributed by atoms with Gasteiger partial charge in [0.15, 0.2) is 0 Å². The van der Waals surface area contributed by atoms with Gasteiger partial charge in [-0.25, -0.2) is 0 Å². The van der Waals surface area contributed by atoms with Gasteiger partial charge in [0.2, 0.25) is 0 Å². The van der Waals surface area contributed by atoms with Crippen LogP contribution in [0.3, 0.4) is 0 Å². The van der Waals surface area contributed by atoms with Crippen LogP contribution in [0.2, 0.25) is 0 Å². The van der Waals surface area contributed by atoms with Gasteiger partial charge in [0.05, 0.1) is 28.8 Å². The van der Waals surface area contributed by atoms with E-state index in [1.165, 1.54) is 19.8 Å². The average Bonchev–Trinajstić information content (AvgIpc) is 2.99. The number of rotatable bonds is 10. The van der Waals surface area contributed by atoms with E-state index < -0.39 is 0 Å². The summed E-state index contributed by atoms with van der Waals surface area (Å²) in [6.45, 7) is 4.19. The van der Waals surface area contributed by atoms with Crippen LogP contribution in [0.4, 0.5) is 0 Å². The summed E-state index contributed by atoms with van der Waals surface area (Å²) >= 11 is 0. The normalized spacial score (nSPS) is 15.2. The maximum Gasteiger partial charge on any atom is 3.00 e. The SMILES string of the molecule is CC#N.[I-].[I-].[I-].[Nd+3].c1cnc(CN(Cc2cnccn2)[C@H]2CCCC[C@@H]2N(Cc2cnccn2)Cc2cnccn2)cn1. The molecule has 0 amide bonds. The molecule has 1 aliphatic rings. The van der Waals surface area contributed by atoms with E-state index >= 15 is 0 Å². The molecule has 1 aliphatic carbocycles. The Balaban J connectivity index is 0.00000242. The second kappa shape index (κ2) is 24.5. The van der Waals surface area contributed by atoms with Gasteiger partial charge in [-0.3, -0.25) is 49.7 Å². The molecule has 1 radical (unpaired) electrons. The molecule has 1 saturated carbocycles. The minimum absolute atomic E-state index is 0. The second-order valence-corrected chi connectivity index (χ2v) is 9.24. The van der Waals surface area contributed by atoms with Gasteiger partial charge in [0.1, 0.15) is 0 Å². The smallest absolute Gasteiger partial charge is 1.00 e. The van der Waals surface area contributed by atoms with Crippen molar-refractivity contribution in [1.29, 1.82) is 5.26 Å². The van der Waals surface area contributed by atoms with E-state index in [0.29, 0.717) is 26.2 Å². The van der Waals surface area contributed by atoms with Gasteiger partial charge in [-0.15, -0.1) is 0 Å². The first-order valence-corrected chi connectivity index (χ1v) is 13.0. The number of nitriles is 1. The van der Waals surface area contributed by atoms with E-state index in [2.05, 4.69) is 49.7 Å². The molecule has 1 fully saturated rings. The summed E-state index contributed by atoms with van der Waals surface area (Å²) in [5, 5.41) is 7.32. The van der Waals surface area contributed by atoms with Crippen LogP contribution < -0.4 is 71.9 Å². The predicted octanol–water partition coefficient (Wildman–Crippen LogP) is -5.60. The predicted molar refractivity (Wildman–Crippen MR) is 144 cm³/mol. The van der Waals surface area contributed by atoms with Crippen molar-refractivity contribution in [2.24, 2.45) is 0 Å². The molecule has 11 nitrogen and oxygen atoms in total. The van der Waals surface area contributed by atoms with Crippen molar-refractivity contribution in [3.8, 4) is 6.07 Å². The van der Waals surface area contributed by atoms with Crippen molar-refractivity contribution in [2.45, 2.75) is 70.9 Å². The van der Waals surface area contributed by atoms with Crippen LogP contribution >= 0.6 is 0 Å². The minimum atomic E-state index is 0. The summed E-state index contributed by atoms with van der Waals surface area (Å²) in [7, 11) is 0. The molecule has 0 N–H and O–H groups in total. The molecule has 0 spiro atoms. The van der Waals surface area contributed by atoms with Crippen LogP contribution in [0.25, 0.3) is 0 Å². The van der Waals surface area contributed by atoms with E-state index in [4.69, 9.17) is 5.26 Å².